The number of halogens is 1. The van der Waals surface area contributed by atoms with E-state index in [2.05, 4.69) is 54.0 Å². The molecule has 2 rings (SSSR count). The molecule has 0 bridgehead atoms. The fourth-order valence-corrected chi connectivity index (χ4v) is 3.18. The van der Waals surface area contributed by atoms with E-state index in [1.165, 1.54) is 24.8 Å². The Hall–Kier alpha value is -1.81. The summed E-state index contributed by atoms with van der Waals surface area (Å²) in [5.41, 5.74) is 3.11. The Bertz CT molecular complexity index is 695. The molecule has 0 aliphatic heterocycles. The highest BCUT2D eigenvalue weighted by Gasteiger charge is 2.10. The number of unbranched alkanes of at least 4 members (excludes halogenated alkanes) is 1. The zero-order chi connectivity index (χ0) is 18.2. The van der Waals surface area contributed by atoms with Crippen molar-refractivity contribution in [3.05, 3.63) is 63.6 Å². The molecule has 1 N–H and O–H groups in total. The molecular formula is C21H25BrO3. The van der Waals surface area contributed by atoms with E-state index < -0.39 is 5.97 Å². The third kappa shape index (κ3) is 6.20. The van der Waals surface area contributed by atoms with Gasteiger partial charge < -0.3 is 9.84 Å². The van der Waals surface area contributed by atoms with Gasteiger partial charge in [0.05, 0.1) is 6.42 Å². The van der Waals surface area contributed by atoms with Crippen LogP contribution in [0.1, 0.15) is 55.7 Å². The van der Waals surface area contributed by atoms with E-state index in [9.17, 15) is 4.79 Å². The van der Waals surface area contributed by atoms with Gasteiger partial charge in [-0.3, -0.25) is 4.79 Å². The minimum absolute atomic E-state index is 0.0529. The van der Waals surface area contributed by atoms with Crippen LogP contribution in [0.4, 0.5) is 0 Å². The van der Waals surface area contributed by atoms with E-state index in [4.69, 9.17) is 9.84 Å². The maximum absolute atomic E-state index is 11.0. The predicted octanol–water partition coefficient (Wildman–Crippen LogP) is 5.95. The highest BCUT2D eigenvalue weighted by molar-refractivity contribution is 9.10. The lowest BCUT2D eigenvalue weighted by Crippen LogP contribution is -2.04. The van der Waals surface area contributed by atoms with Crippen LogP contribution >= 0.6 is 15.9 Å². The number of hydrogen-bond acceptors (Lipinski definition) is 2. The van der Waals surface area contributed by atoms with Gasteiger partial charge in [-0.15, -0.1) is 0 Å². The van der Waals surface area contributed by atoms with Gasteiger partial charge in [0, 0.05) is 10.0 Å². The van der Waals surface area contributed by atoms with Crippen molar-refractivity contribution in [2.24, 2.45) is 0 Å². The van der Waals surface area contributed by atoms with E-state index in [-0.39, 0.29) is 6.42 Å². The van der Waals surface area contributed by atoms with Crippen LogP contribution in [0, 0.1) is 0 Å². The Balaban J connectivity index is 2.00. The lowest BCUT2D eigenvalue weighted by Gasteiger charge is -2.13. The summed E-state index contributed by atoms with van der Waals surface area (Å²) in [6, 6.07) is 14.0. The number of hydrogen-bond donors (Lipinski definition) is 1. The van der Waals surface area contributed by atoms with E-state index >= 15 is 0 Å². The molecule has 4 heteroatoms. The predicted molar refractivity (Wildman–Crippen MR) is 104 cm³/mol. The largest absolute Gasteiger partial charge is 0.489 e. The number of benzene rings is 2. The Kier molecular flexibility index (Phi) is 7.51. The van der Waals surface area contributed by atoms with Crippen molar-refractivity contribution in [1.82, 2.24) is 0 Å². The average Bonchev–Trinajstić information content (AvgIpc) is 2.59. The molecule has 0 aliphatic rings. The molecule has 2 aromatic rings. The smallest absolute Gasteiger partial charge is 0.307 e. The first-order valence-electron chi connectivity index (χ1n) is 8.71. The van der Waals surface area contributed by atoms with Crippen molar-refractivity contribution in [2.45, 2.75) is 52.1 Å². The van der Waals surface area contributed by atoms with E-state index in [0.717, 1.165) is 10.0 Å². The van der Waals surface area contributed by atoms with Crippen LogP contribution in [0.3, 0.4) is 0 Å². The maximum Gasteiger partial charge on any atom is 0.307 e. The fraction of sp³-hybridized carbons (Fsp3) is 0.381. The molecule has 0 radical (unpaired) electrons. The molecule has 0 saturated carbocycles. The summed E-state index contributed by atoms with van der Waals surface area (Å²) in [6.07, 6.45) is 3.64. The lowest BCUT2D eigenvalue weighted by atomic mass is 9.95. The first-order valence-corrected chi connectivity index (χ1v) is 9.50. The van der Waals surface area contributed by atoms with Crippen molar-refractivity contribution >= 4 is 21.9 Å². The summed E-state index contributed by atoms with van der Waals surface area (Å²) in [4.78, 5) is 11.0. The highest BCUT2D eigenvalue weighted by Crippen LogP contribution is 2.26. The molecule has 0 unspecified atom stereocenters. The Labute approximate surface area is 158 Å². The summed E-state index contributed by atoms with van der Waals surface area (Å²) in [5, 5.41) is 9.04. The quantitative estimate of drug-likeness (QED) is 0.561. The second kappa shape index (κ2) is 9.62. The van der Waals surface area contributed by atoms with Crippen LogP contribution in [0.25, 0.3) is 0 Å². The molecule has 0 heterocycles. The number of carboxylic acid groups (broad SMARTS) is 1. The van der Waals surface area contributed by atoms with Crippen LogP contribution < -0.4 is 4.74 Å². The minimum atomic E-state index is -0.867. The fourth-order valence-electron chi connectivity index (χ4n) is 2.77. The summed E-state index contributed by atoms with van der Waals surface area (Å²) < 4.78 is 6.71. The van der Waals surface area contributed by atoms with Gasteiger partial charge in [-0.25, -0.2) is 0 Å². The van der Waals surface area contributed by atoms with Crippen LogP contribution in [0.2, 0.25) is 0 Å². The molecule has 3 nitrogen and oxygen atoms in total. The SMILES string of the molecule is CCCC[C@@H](C)c1ccc(COc2ccc(Br)cc2CC(=O)O)cc1. The Morgan fingerprint density at radius 3 is 2.56 bits per heavy atom. The summed E-state index contributed by atoms with van der Waals surface area (Å²) in [5.74, 6) is 0.322. The van der Waals surface area contributed by atoms with E-state index in [1.807, 2.05) is 12.1 Å². The number of ether oxygens (including phenoxy) is 1. The summed E-state index contributed by atoms with van der Waals surface area (Å²) in [7, 11) is 0. The molecule has 25 heavy (non-hydrogen) atoms. The molecule has 134 valence electrons. The highest BCUT2D eigenvalue weighted by atomic mass is 79.9. The second-order valence-corrected chi connectivity index (χ2v) is 7.31. The molecule has 0 aromatic heterocycles. The van der Waals surface area contributed by atoms with Gasteiger partial charge >= 0.3 is 5.97 Å². The van der Waals surface area contributed by atoms with Gasteiger partial charge in [-0.2, -0.15) is 0 Å². The van der Waals surface area contributed by atoms with Crippen LogP contribution in [0.15, 0.2) is 46.9 Å². The Morgan fingerprint density at radius 2 is 1.92 bits per heavy atom. The first-order chi connectivity index (χ1) is 12.0. The zero-order valence-corrected chi connectivity index (χ0v) is 16.4. The lowest BCUT2D eigenvalue weighted by molar-refractivity contribution is -0.136. The van der Waals surface area contributed by atoms with Crippen molar-refractivity contribution in [3.63, 3.8) is 0 Å². The van der Waals surface area contributed by atoms with Crippen LogP contribution in [-0.2, 0) is 17.8 Å². The molecule has 0 aliphatic carbocycles. The van der Waals surface area contributed by atoms with Gasteiger partial charge in [-0.1, -0.05) is 66.9 Å². The zero-order valence-electron chi connectivity index (χ0n) is 14.8. The van der Waals surface area contributed by atoms with Crippen molar-refractivity contribution in [2.75, 3.05) is 0 Å². The second-order valence-electron chi connectivity index (χ2n) is 6.40. The minimum Gasteiger partial charge on any atom is -0.489 e. The maximum atomic E-state index is 11.0. The van der Waals surface area contributed by atoms with E-state index in [0.29, 0.717) is 23.8 Å². The van der Waals surface area contributed by atoms with Gasteiger partial charge in [-0.05, 0) is 41.7 Å². The molecule has 0 fully saturated rings. The molecule has 0 amide bonds. The summed E-state index contributed by atoms with van der Waals surface area (Å²) in [6.45, 7) is 4.91. The van der Waals surface area contributed by atoms with Gasteiger partial charge in [0.2, 0.25) is 0 Å². The monoisotopic (exact) mass is 404 g/mol. The Morgan fingerprint density at radius 1 is 1.20 bits per heavy atom. The van der Waals surface area contributed by atoms with Crippen molar-refractivity contribution < 1.29 is 14.6 Å². The van der Waals surface area contributed by atoms with Crippen molar-refractivity contribution in [3.8, 4) is 5.75 Å². The number of carboxylic acids is 1. The van der Waals surface area contributed by atoms with Gasteiger partial charge in [0.15, 0.2) is 0 Å². The number of carbonyl (C=O) groups is 1. The normalized spacial score (nSPS) is 12.0. The number of rotatable bonds is 9. The van der Waals surface area contributed by atoms with E-state index in [1.54, 1.807) is 6.07 Å². The molecule has 0 saturated heterocycles. The molecule has 1 atom stereocenters. The average molecular weight is 405 g/mol. The van der Waals surface area contributed by atoms with Crippen LogP contribution in [-0.4, -0.2) is 11.1 Å². The van der Waals surface area contributed by atoms with Gasteiger partial charge in [0.25, 0.3) is 0 Å². The van der Waals surface area contributed by atoms with Gasteiger partial charge in [0.1, 0.15) is 12.4 Å². The standard InChI is InChI=1S/C21H25BrO3/c1-3-4-5-15(2)17-8-6-16(7-9-17)14-25-20-11-10-19(22)12-18(20)13-21(23)24/h6-12,15H,3-5,13-14H2,1-2H3,(H,23,24)/t15-/m1/s1. The summed E-state index contributed by atoms with van der Waals surface area (Å²) >= 11 is 3.37. The molecular weight excluding hydrogens is 380 g/mol. The number of aliphatic carboxylic acids is 1. The third-order valence-corrected chi connectivity index (χ3v) is 4.79. The topological polar surface area (TPSA) is 46.5 Å². The van der Waals surface area contributed by atoms with Crippen molar-refractivity contribution in [1.29, 1.82) is 0 Å². The third-order valence-electron chi connectivity index (χ3n) is 4.30. The first kappa shape index (κ1) is 19.5. The van der Waals surface area contributed by atoms with Crippen LogP contribution in [0.5, 0.6) is 5.75 Å². The molecule has 2 aromatic carbocycles. The molecule has 0 spiro atoms.